The molecule has 1 N–H and O–H groups in total. The van der Waals surface area contributed by atoms with Crippen molar-refractivity contribution in [3.8, 4) is 0 Å². The van der Waals surface area contributed by atoms with E-state index in [1.54, 1.807) is 11.7 Å². The van der Waals surface area contributed by atoms with Crippen molar-refractivity contribution >= 4 is 34.4 Å². The quantitative estimate of drug-likeness (QED) is 0.646. The molecule has 2 aromatic heterocycles. The van der Waals surface area contributed by atoms with E-state index in [9.17, 15) is 4.79 Å². The first-order valence-corrected chi connectivity index (χ1v) is 10.5. The zero-order valence-corrected chi connectivity index (χ0v) is 17.7. The number of rotatable bonds is 6. The van der Waals surface area contributed by atoms with E-state index in [-0.39, 0.29) is 6.61 Å². The topological polar surface area (TPSA) is 85.2 Å². The van der Waals surface area contributed by atoms with E-state index in [1.807, 2.05) is 18.2 Å². The van der Waals surface area contributed by atoms with Gasteiger partial charge in [-0.3, -0.25) is 4.68 Å². The van der Waals surface area contributed by atoms with Gasteiger partial charge >= 0.3 is 6.09 Å². The van der Waals surface area contributed by atoms with Gasteiger partial charge in [0.15, 0.2) is 12.4 Å². The molecule has 9 heteroatoms. The highest BCUT2D eigenvalue weighted by molar-refractivity contribution is 6.31. The number of alkyl carbamates (subject to hydrolysis) is 1. The van der Waals surface area contributed by atoms with Crippen LogP contribution in [0.5, 0.6) is 0 Å². The molecule has 0 saturated carbocycles. The molecule has 30 heavy (non-hydrogen) atoms. The first kappa shape index (κ1) is 20.4. The normalized spacial score (nSPS) is 14.8. The molecular formula is C21H25ClN6O2. The average molecular weight is 429 g/mol. The lowest BCUT2D eigenvalue weighted by Crippen LogP contribution is -2.35. The fraction of sp³-hybridized carbons (Fsp3) is 0.429. The number of ether oxygens (including phenoxy) is 1. The van der Waals surface area contributed by atoms with Crippen molar-refractivity contribution in [3.63, 3.8) is 0 Å². The molecule has 8 nitrogen and oxygen atoms in total. The summed E-state index contributed by atoms with van der Waals surface area (Å²) in [5.41, 5.74) is 0.961. The van der Waals surface area contributed by atoms with Crippen LogP contribution in [0.25, 0.3) is 10.9 Å². The summed E-state index contributed by atoms with van der Waals surface area (Å²) in [5, 5.41) is 8.55. The molecule has 1 aliphatic heterocycles. The van der Waals surface area contributed by atoms with Crippen LogP contribution in [-0.2, 0) is 18.4 Å². The molecule has 0 bridgehead atoms. The minimum absolute atomic E-state index is 0.117. The molecule has 0 radical (unpaired) electrons. The van der Waals surface area contributed by atoms with Gasteiger partial charge in [-0.2, -0.15) is 5.10 Å². The van der Waals surface area contributed by atoms with Crippen molar-refractivity contribution in [2.75, 3.05) is 24.5 Å². The molecule has 1 fully saturated rings. The summed E-state index contributed by atoms with van der Waals surface area (Å²) in [6, 6.07) is 9.91. The Kier molecular flexibility index (Phi) is 6.32. The van der Waals surface area contributed by atoms with Gasteiger partial charge in [0.05, 0.1) is 5.52 Å². The third-order valence-electron chi connectivity index (χ3n) is 5.53. The van der Waals surface area contributed by atoms with Gasteiger partial charge in [0, 0.05) is 37.1 Å². The van der Waals surface area contributed by atoms with Crippen LogP contribution >= 0.6 is 11.6 Å². The number of hydrogen-bond donors (Lipinski definition) is 1. The number of benzene rings is 1. The molecule has 1 aromatic carbocycles. The molecule has 4 rings (SSSR count). The van der Waals surface area contributed by atoms with Crippen LogP contribution < -0.4 is 10.2 Å². The van der Waals surface area contributed by atoms with Crippen molar-refractivity contribution < 1.29 is 9.53 Å². The van der Waals surface area contributed by atoms with Crippen molar-refractivity contribution in [1.82, 2.24) is 25.1 Å². The van der Waals surface area contributed by atoms with Crippen LogP contribution in [-0.4, -0.2) is 45.5 Å². The SMILES string of the molecule is Cn1ncnc1COC(=O)NCCC1CCN(c2ccc3cc(Cl)ccc3n2)CC1. The van der Waals surface area contributed by atoms with Crippen LogP contribution in [0, 0.1) is 5.92 Å². The first-order valence-electron chi connectivity index (χ1n) is 10.1. The summed E-state index contributed by atoms with van der Waals surface area (Å²) in [6.45, 7) is 2.66. The lowest BCUT2D eigenvalue weighted by atomic mass is 9.93. The van der Waals surface area contributed by atoms with Crippen LogP contribution in [0.4, 0.5) is 10.6 Å². The number of nitrogens with zero attached hydrogens (tertiary/aromatic N) is 5. The predicted octanol–water partition coefficient (Wildman–Crippen LogP) is 3.55. The Hall–Kier alpha value is -2.87. The standard InChI is InChI=1S/C21H25ClN6O2/c1-27-20(24-14-25-27)13-30-21(29)23-9-6-15-7-10-28(11-8-15)19-5-2-16-12-17(22)3-4-18(16)26-19/h2-5,12,14-15H,6-11,13H2,1H3,(H,23,29). The number of anilines is 1. The van der Waals surface area contributed by atoms with Gasteiger partial charge in [-0.15, -0.1) is 0 Å². The second kappa shape index (κ2) is 9.30. The predicted molar refractivity (Wildman–Crippen MR) is 115 cm³/mol. The maximum absolute atomic E-state index is 11.8. The van der Waals surface area contributed by atoms with Crippen molar-refractivity contribution in [3.05, 3.63) is 47.5 Å². The largest absolute Gasteiger partial charge is 0.441 e. The molecule has 0 atom stereocenters. The monoisotopic (exact) mass is 428 g/mol. The molecule has 1 saturated heterocycles. The summed E-state index contributed by atoms with van der Waals surface area (Å²) < 4.78 is 6.76. The van der Waals surface area contributed by atoms with E-state index in [1.165, 1.54) is 6.33 Å². The average Bonchev–Trinajstić information content (AvgIpc) is 3.17. The number of carbonyl (C=O) groups excluding carboxylic acids is 1. The number of carbonyl (C=O) groups is 1. The summed E-state index contributed by atoms with van der Waals surface area (Å²) in [7, 11) is 1.76. The van der Waals surface area contributed by atoms with E-state index in [0.29, 0.717) is 18.3 Å². The second-order valence-electron chi connectivity index (χ2n) is 7.53. The molecule has 1 amide bonds. The van der Waals surface area contributed by atoms with E-state index in [0.717, 1.165) is 54.1 Å². The van der Waals surface area contributed by atoms with Crippen LogP contribution in [0.3, 0.4) is 0 Å². The molecule has 158 valence electrons. The van der Waals surface area contributed by atoms with E-state index in [4.69, 9.17) is 21.3 Å². The number of hydrogen-bond acceptors (Lipinski definition) is 6. The van der Waals surface area contributed by atoms with Gasteiger partial charge in [-0.1, -0.05) is 11.6 Å². The van der Waals surface area contributed by atoms with Crippen LogP contribution in [0.2, 0.25) is 5.02 Å². The maximum atomic E-state index is 11.8. The Morgan fingerprint density at radius 1 is 1.27 bits per heavy atom. The maximum Gasteiger partial charge on any atom is 0.407 e. The smallest absolute Gasteiger partial charge is 0.407 e. The summed E-state index contributed by atoms with van der Waals surface area (Å²) >= 11 is 6.05. The van der Waals surface area contributed by atoms with E-state index in [2.05, 4.69) is 32.4 Å². The van der Waals surface area contributed by atoms with Gasteiger partial charge < -0.3 is 15.0 Å². The molecule has 0 unspecified atom stereocenters. The zero-order chi connectivity index (χ0) is 20.9. The summed E-state index contributed by atoms with van der Waals surface area (Å²) in [4.78, 5) is 23.0. The molecule has 1 aliphatic rings. The molecule has 3 heterocycles. The Bertz CT molecular complexity index is 1020. The van der Waals surface area contributed by atoms with Crippen molar-refractivity contribution in [1.29, 1.82) is 0 Å². The summed E-state index contributed by atoms with van der Waals surface area (Å²) in [6.07, 6.45) is 4.12. The lowest BCUT2D eigenvalue weighted by molar-refractivity contribution is 0.134. The van der Waals surface area contributed by atoms with Crippen LogP contribution in [0.15, 0.2) is 36.7 Å². The Morgan fingerprint density at radius 3 is 2.87 bits per heavy atom. The third kappa shape index (κ3) is 4.99. The minimum atomic E-state index is -0.420. The number of pyridine rings is 1. The van der Waals surface area contributed by atoms with Gasteiger partial charge in [-0.25, -0.2) is 14.8 Å². The fourth-order valence-electron chi connectivity index (χ4n) is 3.72. The van der Waals surface area contributed by atoms with E-state index >= 15 is 0 Å². The minimum Gasteiger partial charge on any atom is -0.441 e. The number of fused-ring (bicyclic) bond motifs is 1. The van der Waals surface area contributed by atoms with Gasteiger partial charge in [0.25, 0.3) is 0 Å². The molecular weight excluding hydrogens is 404 g/mol. The highest BCUT2D eigenvalue weighted by Crippen LogP contribution is 2.26. The lowest BCUT2D eigenvalue weighted by Gasteiger charge is -2.33. The van der Waals surface area contributed by atoms with Gasteiger partial charge in [-0.05, 0) is 55.5 Å². The van der Waals surface area contributed by atoms with Gasteiger partial charge in [0.1, 0.15) is 12.1 Å². The van der Waals surface area contributed by atoms with Crippen LogP contribution in [0.1, 0.15) is 25.1 Å². The number of amides is 1. The summed E-state index contributed by atoms with van der Waals surface area (Å²) in [5.74, 6) is 2.20. The highest BCUT2D eigenvalue weighted by atomic mass is 35.5. The fourth-order valence-corrected chi connectivity index (χ4v) is 3.90. The number of aromatic nitrogens is 4. The number of halogens is 1. The molecule has 0 spiro atoms. The van der Waals surface area contributed by atoms with Gasteiger partial charge in [0.2, 0.25) is 0 Å². The number of piperidine rings is 1. The number of aryl methyl sites for hydroxylation is 1. The Morgan fingerprint density at radius 2 is 2.10 bits per heavy atom. The zero-order valence-electron chi connectivity index (χ0n) is 16.9. The Balaban J connectivity index is 1.19. The third-order valence-corrected chi connectivity index (χ3v) is 5.77. The van der Waals surface area contributed by atoms with Crippen molar-refractivity contribution in [2.24, 2.45) is 13.0 Å². The molecule has 0 aliphatic carbocycles. The highest BCUT2D eigenvalue weighted by Gasteiger charge is 2.20. The number of nitrogens with one attached hydrogen (secondary N) is 1. The first-order chi connectivity index (χ1) is 14.6. The van der Waals surface area contributed by atoms with E-state index < -0.39 is 6.09 Å². The molecule has 3 aromatic rings. The Labute approximate surface area is 180 Å². The second-order valence-corrected chi connectivity index (χ2v) is 7.96. The van der Waals surface area contributed by atoms with Crippen molar-refractivity contribution in [2.45, 2.75) is 25.9 Å².